The van der Waals surface area contributed by atoms with Crippen molar-refractivity contribution in [3.8, 4) is 0 Å². The van der Waals surface area contributed by atoms with E-state index in [1.807, 2.05) is 25.1 Å². The summed E-state index contributed by atoms with van der Waals surface area (Å²) in [4.78, 5) is 24.8. The first-order valence-corrected chi connectivity index (χ1v) is 13.0. The van der Waals surface area contributed by atoms with Crippen molar-refractivity contribution < 1.29 is 9.90 Å². The predicted octanol–water partition coefficient (Wildman–Crippen LogP) is 5.22. The van der Waals surface area contributed by atoms with Crippen molar-refractivity contribution in [2.24, 2.45) is 5.92 Å². The Balaban J connectivity index is 1.46. The lowest BCUT2D eigenvalue weighted by molar-refractivity contribution is 0.104. The Morgan fingerprint density at radius 2 is 2.06 bits per heavy atom. The summed E-state index contributed by atoms with van der Waals surface area (Å²) in [6, 6.07) is 7.87. The molecule has 3 aromatic rings. The number of aromatic nitrogens is 2. The zero-order valence-electron chi connectivity index (χ0n) is 19.0. The Hall–Kier alpha value is -2.03. The number of hydrogen-bond donors (Lipinski definition) is 2. The van der Waals surface area contributed by atoms with Crippen molar-refractivity contribution in [1.82, 2.24) is 14.9 Å². The van der Waals surface area contributed by atoms with Crippen LogP contribution >= 0.6 is 34.5 Å². The van der Waals surface area contributed by atoms with Gasteiger partial charge in [0.25, 0.3) is 0 Å². The van der Waals surface area contributed by atoms with Crippen LogP contribution in [0.1, 0.15) is 57.7 Å². The fourth-order valence-electron chi connectivity index (χ4n) is 5.08. The summed E-state index contributed by atoms with van der Waals surface area (Å²) in [6.45, 7) is 2.92. The van der Waals surface area contributed by atoms with Gasteiger partial charge >= 0.3 is 0 Å². The van der Waals surface area contributed by atoms with Gasteiger partial charge in [-0.3, -0.25) is 9.69 Å². The molecule has 4 atom stereocenters. The zero-order valence-corrected chi connectivity index (χ0v) is 21.3. The van der Waals surface area contributed by atoms with Crippen LogP contribution in [0.25, 0.3) is 0 Å². The lowest BCUT2D eigenvalue weighted by atomic mass is 9.89. The fraction of sp³-hybridized carbons (Fsp3) is 0.400. The van der Waals surface area contributed by atoms with E-state index in [0.29, 0.717) is 32.0 Å². The van der Waals surface area contributed by atoms with Crippen molar-refractivity contribution in [3.05, 3.63) is 73.3 Å². The Morgan fingerprint density at radius 3 is 2.82 bits per heavy atom. The Morgan fingerprint density at radius 1 is 1.24 bits per heavy atom. The van der Waals surface area contributed by atoms with Gasteiger partial charge in [0.05, 0.1) is 26.9 Å². The van der Waals surface area contributed by atoms with Crippen LogP contribution in [0, 0.1) is 5.92 Å². The zero-order chi connectivity index (χ0) is 24.0. The molecule has 0 bridgehead atoms. The average molecular weight is 517 g/mol. The summed E-state index contributed by atoms with van der Waals surface area (Å²) in [7, 11) is 2.06. The molecule has 0 saturated heterocycles. The molecule has 1 aliphatic heterocycles. The molecule has 3 heterocycles. The number of rotatable bonds is 5. The van der Waals surface area contributed by atoms with Gasteiger partial charge in [0.2, 0.25) is 5.78 Å². The third-order valence-corrected chi connectivity index (χ3v) is 8.57. The number of nitrogens with zero attached hydrogens (tertiary/aromatic N) is 3. The van der Waals surface area contributed by atoms with Crippen LogP contribution in [0.4, 0.5) is 5.82 Å². The van der Waals surface area contributed by atoms with Crippen LogP contribution in [0.5, 0.6) is 0 Å². The first-order chi connectivity index (χ1) is 16.3. The number of fused-ring (bicyclic) bond motifs is 1. The topological polar surface area (TPSA) is 78.4 Å². The molecule has 1 aromatic carbocycles. The molecule has 34 heavy (non-hydrogen) atoms. The molecule has 1 fully saturated rings. The number of aliphatic hydroxyl groups is 1. The van der Waals surface area contributed by atoms with Gasteiger partial charge in [0.1, 0.15) is 12.1 Å². The maximum absolute atomic E-state index is 13.5. The standard InChI is InChI=1S/C25H26Cl2N4O2S/c1-13-7-16(9-20(13)32)30-25-19(11-28-12-29-25)23(33)21-10-18(24(27)34-21)22-17-8-15(26)4-3-14(17)5-6-31(22)2/h3-4,8,10-13,16,20,22,32H,5-7,9H2,1-2H3,(H,28,29,30)/t13-,16-,20-,22-/m1/s1. The van der Waals surface area contributed by atoms with E-state index < -0.39 is 0 Å². The maximum Gasteiger partial charge on any atom is 0.208 e. The number of anilines is 1. The maximum atomic E-state index is 13.5. The number of thiophene rings is 1. The minimum absolute atomic E-state index is 0.0612. The predicted molar refractivity (Wildman–Crippen MR) is 136 cm³/mol. The molecule has 5 rings (SSSR count). The van der Waals surface area contributed by atoms with Gasteiger partial charge < -0.3 is 10.4 Å². The molecule has 9 heteroatoms. The normalized spacial score (nSPS) is 24.7. The molecule has 1 aliphatic carbocycles. The van der Waals surface area contributed by atoms with E-state index in [1.165, 1.54) is 23.2 Å². The van der Waals surface area contributed by atoms with E-state index in [-0.39, 0.29) is 29.9 Å². The van der Waals surface area contributed by atoms with Gasteiger partial charge in [0.15, 0.2) is 0 Å². The van der Waals surface area contributed by atoms with Crippen LogP contribution in [-0.4, -0.2) is 51.5 Å². The van der Waals surface area contributed by atoms with Gasteiger partial charge in [-0.2, -0.15) is 0 Å². The van der Waals surface area contributed by atoms with Crippen molar-refractivity contribution in [2.45, 2.75) is 44.4 Å². The summed E-state index contributed by atoms with van der Waals surface area (Å²) >= 11 is 14.3. The second kappa shape index (κ2) is 9.55. The highest BCUT2D eigenvalue weighted by atomic mass is 35.5. The molecule has 6 nitrogen and oxygen atoms in total. The van der Waals surface area contributed by atoms with E-state index >= 15 is 0 Å². The monoisotopic (exact) mass is 516 g/mol. The van der Waals surface area contributed by atoms with Crippen LogP contribution in [0.15, 0.2) is 36.8 Å². The second-order valence-corrected chi connectivity index (χ2v) is 11.4. The summed E-state index contributed by atoms with van der Waals surface area (Å²) in [5, 5.41) is 14.1. The number of carbonyl (C=O) groups excluding carboxylic acids is 1. The van der Waals surface area contributed by atoms with Crippen molar-refractivity contribution >= 4 is 46.1 Å². The highest BCUT2D eigenvalue weighted by Gasteiger charge is 2.32. The van der Waals surface area contributed by atoms with Gasteiger partial charge in [-0.15, -0.1) is 11.3 Å². The number of halogens is 2. The largest absolute Gasteiger partial charge is 0.393 e. The second-order valence-electron chi connectivity index (χ2n) is 9.29. The molecule has 0 amide bonds. The molecule has 0 radical (unpaired) electrons. The molecular weight excluding hydrogens is 491 g/mol. The Labute approximate surface area is 212 Å². The number of carbonyl (C=O) groups is 1. The minimum atomic E-state index is -0.346. The van der Waals surface area contributed by atoms with Crippen LogP contribution in [0.3, 0.4) is 0 Å². The summed E-state index contributed by atoms with van der Waals surface area (Å²) in [5.74, 6) is 0.530. The van der Waals surface area contributed by atoms with Crippen molar-refractivity contribution in [1.29, 1.82) is 0 Å². The SMILES string of the molecule is C[C@@H]1C[C@@H](Nc2ncncc2C(=O)c2cc([C@H]3c4cc(Cl)ccc4CCN3C)c(Cl)s2)C[C@H]1O. The minimum Gasteiger partial charge on any atom is -0.393 e. The lowest BCUT2D eigenvalue weighted by Crippen LogP contribution is -2.32. The molecule has 2 N–H and O–H groups in total. The van der Waals surface area contributed by atoms with E-state index in [9.17, 15) is 9.90 Å². The number of aliphatic hydroxyl groups excluding tert-OH is 1. The summed E-state index contributed by atoms with van der Waals surface area (Å²) in [5.41, 5.74) is 3.68. The first-order valence-electron chi connectivity index (χ1n) is 11.4. The van der Waals surface area contributed by atoms with Gasteiger partial charge in [-0.1, -0.05) is 36.2 Å². The van der Waals surface area contributed by atoms with Crippen LogP contribution in [0.2, 0.25) is 9.36 Å². The van der Waals surface area contributed by atoms with Gasteiger partial charge in [0, 0.05) is 29.4 Å². The summed E-state index contributed by atoms with van der Waals surface area (Å²) < 4.78 is 0.590. The van der Waals surface area contributed by atoms with Crippen LogP contribution in [-0.2, 0) is 6.42 Å². The molecule has 2 aliphatic rings. The summed E-state index contributed by atoms with van der Waals surface area (Å²) in [6.07, 6.45) is 5.02. The average Bonchev–Trinajstić information content (AvgIpc) is 3.34. The van der Waals surface area contributed by atoms with E-state index in [4.69, 9.17) is 23.2 Å². The van der Waals surface area contributed by atoms with E-state index in [2.05, 4.69) is 33.3 Å². The smallest absolute Gasteiger partial charge is 0.208 e. The fourth-order valence-corrected chi connectivity index (χ4v) is 6.54. The van der Waals surface area contributed by atoms with Crippen molar-refractivity contribution in [3.63, 3.8) is 0 Å². The molecule has 178 valence electrons. The number of likely N-dealkylation sites (N-methyl/N-ethyl adjacent to an activating group) is 1. The number of nitrogens with one attached hydrogen (secondary N) is 1. The highest BCUT2D eigenvalue weighted by Crippen LogP contribution is 2.42. The molecule has 0 unspecified atom stereocenters. The van der Waals surface area contributed by atoms with Gasteiger partial charge in [-0.05, 0) is 61.6 Å². The Bertz CT molecular complexity index is 1220. The van der Waals surface area contributed by atoms with Crippen molar-refractivity contribution in [2.75, 3.05) is 18.9 Å². The Kier molecular flexibility index (Phi) is 6.66. The third kappa shape index (κ3) is 4.48. The first kappa shape index (κ1) is 23.7. The van der Waals surface area contributed by atoms with E-state index in [1.54, 1.807) is 6.20 Å². The number of benzene rings is 1. The van der Waals surface area contributed by atoms with Gasteiger partial charge in [-0.25, -0.2) is 9.97 Å². The molecular formula is C25H26Cl2N4O2S. The number of ketones is 1. The highest BCUT2D eigenvalue weighted by molar-refractivity contribution is 7.18. The van der Waals surface area contributed by atoms with Crippen LogP contribution < -0.4 is 5.32 Å². The van der Waals surface area contributed by atoms with E-state index in [0.717, 1.165) is 30.5 Å². The third-order valence-electron chi connectivity index (χ3n) is 6.95. The lowest BCUT2D eigenvalue weighted by Gasteiger charge is -2.34. The number of hydrogen-bond acceptors (Lipinski definition) is 7. The molecule has 0 spiro atoms. The molecule has 2 aromatic heterocycles. The molecule has 1 saturated carbocycles. The quantitative estimate of drug-likeness (QED) is 0.452.